The van der Waals surface area contributed by atoms with Crippen molar-refractivity contribution in [2.75, 3.05) is 17.3 Å². The molecule has 0 amide bonds. The molecule has 0 radical (unpaired) electrons. The van der Waals surface area contributed by atoms with Crippen LogP contribution in [0.5, 0.6) is 0 Å². The zero-order chi connectivity index (χ0) is 11.5. The lowest BCUT2D eigenvalue weighted by Crippen LogP contribution is -2.25. The van der Waals surface area contributed by atoms with Gasteiger partial charge in [-0.05, 0) is 12.8 Å². The van der Waals surface area contributed by atoms with Crippen molar-refractivity contribution >= 4 is 19.7 Å². The second-order valence-electron chi connectivity index (χ2n) is 4.10. The van der Waals surface area contributed by atoms with Crippen molar-refractivity contribution in [3.05, 3.63) is 0 Å². The highest BCUT2D eigenvalue weighted by molar-refractivity contribution is 7.96. The van der Waals surface area contributed by atoms with Crippen LogP contribution in [0.1, 0.15) is 32.6 Å². The lowest BCUT2D eigenvalue weighted by molar-refractivity contribution is 0.577. The first-order chi connectivity index (χ1) is 6.87. The summed E-state index contributed by atoms with van der Waals surface area (Å²) in [7, 11) is -6.27. The second kappa shape index (κ2) is 4.82. The largest absolute Gasteiger partial charge is 0.229 e. The van der Waals surface area contributed by atoms with E-state index in [-0.39, 0.29) is 23.7 Å². The summed E-state index contributed by atoms with van der Waals surface area (Å²) in [5.41, 5.74) is 0. The standard InChI is InChI=1S/C9H18O4S2/c1-2-3-4-6-15(12,13)9-5-7-14(10,11)8-9/h9H,2-8H2,1H3. The molecule has 0 aliphatic carbocycles. The van der Waals surface area contributed by atoms with Gasteiger partial charge in [-0.2, -0.15) is 0 Å². The molecular formula is C9H18O4S2. The summed E-state index contributed by atoms with van der Waals surface area (Å²) in [6.07, 6.45) is 2.79. The maximum Gasteiger partial charge on any atom is 0.154 e. The van der Waals surface area contributed by atoms with E-state index in [4.69, 9.17) is 0 Å². The van der Waals surface area contributed by atoms with Gasteiger partial charge in [-0.15, -0.1) is 0 Å². The molecule has 6 heteroatoms. The highest BCUT2D eigenvalue weighted by atomic mass is 32.2. The Morgan fingerprint density at radius 2 is 1.93 bits per heavy atom. The van der Waals surface area contributed by atoms with Crippen LogP contribution in [0.15, 0.2) is 0 Å². The van der Waals surface area contributed by atoms with E-state index in [2.05, 4.69) is 0 Å². The van der Waals surface area contributed by atoms with Gasteiger partial charge in [0.05, 0.1) is 22.5 Å². The van der Waals surface area contributed by atoms with Crippen molar-refractivity contribution in [3.63, 3.8) is 0 Å². The van der Waals surface area contributed by atoms with Crippen LogP contribution in [-0.2, 0) is 19.7 Å². The quantitative estimate of drug-likeness (QED) is 0.680. The Bertz CT molecular complexity index is 394. The van der Waals surface area contributed by atoms with E-state index in [1.807, 2.05) is 6.92 Å². The van der Waals surface area contributed by atoms with Crippen molar-refractivity contribution in [2.45, 2.75) is 37.9 Å². The highest BCUT2D eigenvalue weighted by Crippen LogP contribution is 2.20. The minimum atomic E-state index is -3.18. The minimum absolute atomic E-state index is 0.0324. The second-order valence-corrected chi connectivity index (χ2v) is 8.73. The van der Waals surface area contributed by atoms with Gasteiger partial charge in [0.1, 0.15) is 0 Å². The summed E-state index contributed by atoms with van der Waals surface area (Å²) in [5.74, 6) is 0.00710. The SMILES string of the molecule is CCCCCS(=O)(=O)C1CCS(=O)(=O)C1. The molecule has 0 spiro atoms. The Morgan fingerprint density at radius 3 is 2.40 bits per heavy atom. The molecule has 0 bridgehead atoms. The fourth-order valence-electron chi connectivity index (χ4n) is 1.76. The van der Waals surface area contributed by atoms with Crippen LogP contribution < -0.4 is 0 Å². The fourth-order valence-corrected chi connectivity index (χ4v) is 6.32. The first kappa shape index (κ1) is 13.0. The molecule has 1 aliphatic heterocycles. The van der Waals surface area contributed by atoms with Crippen LogP contribution in [0.25, 0.3) is 0 Å². The summed E-state index contributed by atoms with van der Waals surface area (Å²) in [5, 5.41) is -0.639. The smallest absolute Gasteiger partial charge is 0.154 e. The van der Waals surface area contributed by atoms with Crippen molar-refractivity contribution in [1.29, 1.82) is 0 Å². The van der Waals surface area contributed by atoms with E-state index in [1.165, 1.54) is 0 Å². The number of sulfone groups is 2. The Labute approximate surface area is 91.9 Å². The summed E-state index contributed by atoms with van der Waals surface area (Å²) in [6, 6.07) is 0. The maximum absolute atomic E-state index is 11.7. The molecule has 1 aliphatic rings. The fraction of sp³-hybridized carbons (Fsp3) is 1.00. The Hall–Kier alpha value is -0.100. The van der Waals surface area contributed by atoms with E-state index in [0.717, 1.165) is 12.8 Å². The summed E-state index contributed by atoms with van der Waals surface area (Å²) in [6.45, 7) is 2.01. The van der Waals surface area contributed by atoms with E-state index in [9.17, 15) is 16.8 Å². The van der Waals surface area contributed by atoms with Crippen molar-refractivity contribution in [1.82, 2.24) is 0 Å². The monoisotopic (exact) mass is 254 g/mol. The molecule has 1 heterocycles. The van der Waals surface area contributed by atoms with Gasteiger partial charge in [0.25, 0.3) is 0 Å². The highest BCUT2D eigenvalue weighted by Gasteiger charge is 2.36. The molecule has 0 aromatic carbocycles. The summed E-state index contributed by atoms with van der Waals surface area (Å²) < 4.78 is 45.8. The molecule has 0 aromatic rings. The molecule has 0 aromatic heterocycles. The predicted molar refractivity (Wildman–Crippen MR) is 60.4 cm³/mol. The number of hydrogen-bond donors (Lipinski definition) is 0. The zero-order valence-electron chi connectivity index (χ0n) is 8.98. The lowest BCUT2D eigenvalue weighted by atomic mass is 10.3. The van der Waals surface area contributed by atoms with Gasteiger partial charge in [0, 0.05) is 0 Å². The van der Waals surface area contributed by atoms with Crippen molar-refractivity contribution in [2.24, 2.45) is 0 Å². The van der Waals surface area contributed by atoms with Crippen LogP contribution in [-0.4, -0.2) is 39.3 Å². The molecule has 1 atom stereocenters. The van der Waals surface area contributed by atoms with Gasteiger partial charge in [-0.25, -0.2) is 16.8 Å². The van der Waals surface area contributed by atoms with Crippen LogP contribution in [0.4, 0.5) is 0 Å². The summed E-state index contributed by atoms with van der Waals surface area (Å²) in [4.78, 5) is 0. The molecular weight excluding hydrogens is 236 g/mol. The predicted octanol–water partition coefficient (Wildman–Crippen LogP) is 0.779. The van der Waals surface area contributed by atoms with Gasteiger partial charge in [-0.1, -0.05) is 19.8 Å². The Morgan fingerprint density at radius 1 is 1.27 bits per heavy atom. The summed E-state index contributed by atoms with van der Waals surface area (Å²) >= 11 is 0. The third-order valence-electron chi connectivity index (χ3n) is 2.73. The van der Waals surface area contributed by atoms with Crippen LogP contribution in [0.2, 0.25) is 0 Å². The zero-order valence-corrected chi connectivity index (χ0v) is 10.6. The average Bonchev–Trinajstić information content (AvgIpc) is 2.47. The third-order valence-corrected chi connectivity index (χ3v) is 6.99. The first-order valence-corrected chi connectivity index (χ1v) is 8.83. The molecule has 4 nitrogen and oxygen atoms in total. The van der Waals surface area contributed by atoms with Crippen LogP contribution >= 0.6 is 0 Å². The van der Waals surface area contributed by atoms with E-state index >= 15 is 0 Å². The topological polar surface area (TPSA) is 68.3 Å². The number of unbranched alkanes of at least 4 members (excludes halogenated alkanes) is 2. The van der Waals surface area contributed by atoms with Gasteiger partial charge in [-0.3, -0.25) is 0 Å². The first-order valence-electron chi connectivity index (χ1n) is 5.29. The molecule has 1 rings (SSSR count). The third kappa shape index (κ3) is 3.75. The van der Waals surface area contributed by atoms with E-state index < -0.39 is 24.9 Å². The van der Waals surface area contributed by atoms with Crippen LogP contribution in [0.3, 0.4) is 0 Å². The molecule has 1 unspecified atom stereocenters. The molecule has 1 fully saturated rings. The van der Waals surface area contributed by atoms with Crippen molar-refractivity contribution in [3.8, 4) is 0 Å². The Balaban J connectivity index is 2.56. The minimum Gasteiger partial charge on any atom is -0.229 e. The molecule has 0 N–H and O–H groups in total. The normalized spacial score (nSPS) is 25.5. The lowest BCUT2D eigenvalue weighted by Gasteiger charge is -2.08. The molecule has 15 heavy (non-hydrogen) atoms. The van der Waals surface area contributed by atoms with Gasteiger partial charge >= 0.3 is 0 Å². The van der Waals surface area contributed by atoms with Gasteiger partial charge < -0.3 is 0 Å². The van der Waals surface area contributed by atoms with Crippen molar-refractivity contribution < 1.29 is 16.8 Å². The van der Waals surface area contributed by atoms with Gasteiger partial charge in [0.2, 0.25) is 0 Å². The molecule has 1 saturated heterocycles. The van der Waals surface area contributed by atoms with E-state index in [0.29, 0.717) is 6.42 Å². The average molecular weight is 254 g/mol. The van der Waals surface area contributed by atoms with Crippen LogP contribution in [0, 0.1) is 0 Å². The number of rotatable bonds is 5. The number of hydrogen-bond acceptors (Lipinski definition) is 4. The maximum atomic E-state index is 11.7. The van der Waals surface area contributed by atoms with E-state index in [1.54, 1.807) is 0 Å². The Kier molecular flexibility index (Phi) is 4.17. The van der Waals surface area contributed by atoms with Gasteiger partial charge in [0.15, 0.2) is 19.7 Å². The molecule has 90 valence electrons. The molecule has 0 saturated carbocycles.